The highest BCUT2D eigenvalue weighted by molar-refractivity contribution is 9.10. The van der Waals surface area contributed by atoms with Gasteiger partial charge in [0.15, 0.2) is 11.4 Å². The van der Waals surface area contributed by atoms with E-state index in [9.17, 15) is 19.8 Å². The molecule has 316 valence electrons. The average molecular weight is 902 g/mol. The van der Waals surface area contributed by atoms with E-state index in [1.807, 2.05) is 91.0 Å². The van der Waals surface area contributed by atoms with E-state index in [-0.39, 0.29) is 24.9 Å². The Morgan fingerprint density at radius 1 is 0.694 bits per heavy atom. The van der Waals surface area contributed by atoms with Gasteiger partial charge in [0.1, 0.15) is 0 Å². The van der Waals surface area contributed by atoms with Crippen molar-refractivity contribution in [1.29, 1.82) is 0 Å². The molecule has 62 heavy (non-hydrogen) atoms. The molecule has 0 radical (unpaired) electrons. The van der Waals surface area contributed by atoms with E-state index < -0.39 is 23.1 Å². The number of hydrogen-bond donors (Lipinski definition) is 2. The van der Waals surface area contributed by atoms with Crippen molar-refractivity contribution in [2.24, 2.45) is 0 Å². The maximum atomic E-state index is 12.1. The van der Waals surface area contributed by atoms with E-state index in [1.165, 1.54) is 28.1 Å². The smallest absolute Gasteiger partial charge is 0.359 e. The van der Waals surface area contributed by atoms with Gasteiger partial charge in [-0.1, -0.05) is 89.6 Å². The van der Waals surface area contributed by atoms with Crippen LogP contribution in [0.25, 0.3) is 33.2 Å². The molecule has 0 spiro atoms. The average Bonchev–Trinajstić information content (AvgIpc) is 4.09. The van der Waals surface area contributed by atoms with Crippen molar-refractivity contribution in [1.82, 2.24) is 40.0 Å². The summed E-state index contributed by atoms with van der Waals surface area (Å²) < 4.78 is 24.2. The molecule has 16 nitrogen and oxygen atoms in total. The van der Waals surface area contributed by atoms with Gasteiger partial charge in [0.2, 0.25) is 23.0 Å². The van der Waals surface area contributed by atoms with Gasteiger partial charge in [0.05, 0.1) is 36.6 Å². The fraction of sp³-hybridized carbons (Fsp3) is 0.200. The molecule has 8 aromatic rings. The van der Waals surface area contributed by atoms with Gasteiger partial charge in [-0.2, -0.15) is 10.2 Å². The van der Waals surface area contributed by atoms with Crippen LogP contribution in [0, 0.1) is 38.0 Å². The lowest BCUT2D eigenvalue weighted by atomic mass is 10.1. The molecule has 0 aliphatic heterocycles. The molecule has 0 aliphatic rings. The molecule has 0 fully saturated rings. The molecule has 0 amide bonds. The van der Waals surface area contributed by atoms with Gasteiger partial charge < -0.3 is 28.5 Å². The van der Waals surface area contributed by atoms with Crippen molar-refractivity contribution >= 4 is 49.7 Å². The van der Waals surface area contributed by atoms with Gasteiger partial charge in [-0.25, -0.2) is 19.0 Å². The highest BCUT2D eigenvalue weighted by Gasteiger charge is 2.28. The van der Waals surface area contributed by atoms with Crippen LogP contribution in [0.3, 0.4) is 0 Å². The van der Waals surface area contributed by atoms with Crippen LogP contribution in [-0.2, 0) is 20.7 Å². The summed E-state index contributed by atoms with van der Waals surface area (Å²) in [4.78, 5) is 24.0. The van der Waals surface area contributed by atoms with Crippen LogP contribution >= 0.6 is 15.9 Å². The summed E-state index contributed by atoms with van der Waals surface area (Å²) in [6.07, 6.45) is 5.02. The lowest BCUT2D eigenvalue weighted by Crippen LogP contribution is -2.19. The number of carbonyl (C=O) groups is 2. The number of methoxy groups -OCH3 is 2. The summed E-state index contributed by atoms with van der Waals surface area (Å²) in [7, 11) is 2.68. The predicted molar refractivity (Wildman–Crippen MR) is 232 cm³/mol. The normalized spacial score (nSPS) is 12.4. The minimum atomic E-state index is -1.59. The number of nitrogens with zero attached hydrogens (tertiary/aromatic N) is 8. The van der Waals surface area contributed by atoms with E-state index in [4.69, 9.17) is 24.7 Å². The summed E-state index contributed by atoms with van der Waals surface area (Å²) in [5, 5.41) is 44.9. The van der Waals surface area contributed by atoms with Crippen molar-refractivity contribution in [3.63, 3.8) is 0 Å². The second kappa shape index (κ2) is 19.3. The number of benzene rings is 4. The Morgan fingerprint density at radius 2 is 1.16 bits per heavy atom. The molecule has 0 saturated heterocycles. The quantitative estimate of drug-likeness (QED) is 0.125. The molecule has 2 atom stereocenters. The first-order chi connectivity index (χ1) is 29.1. The van der Waals surface area contributed by atoms with Crippen LogP contribution in [0.5, 0.6) is 0 Å². The number of ether oxygens (including phenoxy) is 2. The first-order valence-electron chi connectivity index (χ1n) is 18.2. The number of para-hydroxylation sites is 2. The molecule has 2 N–H and O–H groups in total. The molecule has 0 saturated carbocycles. The van der Waals surface area contributed by atoms with Gasteiger partial charge in [-0.05, 0) is 62.4 Å². The monoisotopic (exact) mass is 900 g/mol. The number of halogens is 1. The zero-order valence-electron chi connectivity index (χ0n) is 33.6. The van der Waals surface area contributed by atoms with Crippen LogP contribution in [0.15, 0.2) is 110 Å². The summed E-state index contributed by atoms with van der Waals surface area (Å²) >= 11 is 3.44. The molecule has 4 aromatic carbocycles. The molecule has 4 aromatic heterocycles. The number of aliphatic hydroxyl groups is 2. The standard InChI is InChI=1S/C22H18N4O4.C15H11BrN2O2.C7H8N2O2.CH4/c1-14-23-24-21(30-14)22(2,28)12-11-15-7-6-8-16(13-15)26-18-10-5-4-9-17(18)19(25-26)20(27)29-3;1-20-15(19)14-12-7-2-3-8-13(12)18(17-14)11-6-4-5-10(16)9-11;1-4-7(3,10)6-9-8-5(2)11-6;/h4-10,13,28H,1-3H3;2-9H,1H3;1,10H,2-3H3;1H4/t22-;;7-;/m1.1./s1. The Balaban J connectivity index is 0.000000195. The van der Waals surface area contributed by atoms with Crippen molar-refractivity contribution in [2.45, 2.75) is 46.3 Å². The second-order valence-electron chi connectivity index (χ2n) is 13.4. The highest BCUT2D eigenvalue weighted by atomic mass is 79.9. The number of terminal acetylenes is 1. The van der Waals surface area contributed by atoms with Gasteiger partial charge in [-0.3, -0.25) is 0 Å². The molecule has 0 unspecified atom stereocenters. The Kier molecular flexibility index (Phi) is 14.2. The van der Waals surface area contributed by atoms with Gasteiger partial charge in [0, 0.05) is 34.7 Å². The van der Waals surface area contributed by atoms with Gasteiger partial charge in [-0.15, -0.1) is 26.8 Å². The number of carbonyl (C=O) groups excluding carboxylic acids is 2. The zero-order chi connectivity index (χ0) is 43.9. The van der Waals surface area contributed by atoms with E-state index in [0.717, 1.165) is 26.6 Å². The number of hydrogen-bond acceptors (Lipinski definition) is 14. The lowest BCUT2D eigenvalue weighted by Gasteiger charge is -2.10. The fourth-order valence-corrected chi connectivity index (χ4v) is 6.03. The molecule has 17 heteroatoms. The Hall–Kier alpha value is -7.44. The lowest BCUT2D eigenvalue weighted by molar-refractivity contribution is 0.0587. The SMILES string of the molecule is C.C#C[C@@](C)(O)c1nnc(C)o1.COC(=O)c1nn(-c2cccc(Br)c2)c2ccccc12.COC(=O)c1nn(-c2cccc(C#C[C@@](C)(O)c3nnc(C)o3)c2)c2ccccc12. The molecule has 0 bridgehead atoms. The summed E-state index contributed by atoms with van der Waals surface area (Å²) in [5.74, 6) is 7.70. The van der Waals surface area contributed by atoms with Crippen molar-refractivity contribution in [3.05, 3.63) is 142 Å². The number of fused-ring (bicyclic) bond motifs is 2. The Bertz CT molecular complexity index is 2980. The number of aromatic nitrogens is 8. The highest BCUT2D eigenvalue weighted by Crippen LogP contribution is 2.26. The fourth-order valence-electron chi connectivity index (χ4n) is 5.64. The number of aryl methyl sites for hydroxylation is 2. The molecular formula is C45H41BrN8O8. The van der Waals surface area contributed by atoms with E-state index in [2.05, 4.69) is 64.3 Å². The Labute approximate surface area is 364 Å². The summed E-state index contributed by atoms with van der Waals surface area (Å²) in [6.45, 7) is 6.17. The summed E-state index contributed by atoms with van der Waals surface area (Å²) in [6, 6.07) is 30.0. The van der Waals surface area contributed by atoms with Crippen molar-refractivity contribution in [3.8, 4) is 35.6 Å². The van der Waals surface area contributed by atoms with Crippen molar-refractivity contribution < 1.29 is 38.1 Å². The molecule has 4 heterocycles. The van der Waals surface area contributed by atoms with Crippen molar-refractivity contribution in [2.75, 3.05) is 14.2 Å². The zero-order valence-corrected chi connectivity index (χ0v) is 35.2. The van der Waals surface area contributed by atoms with E-state index in [0.29, 0.717) is 34.1 Å². The van der Waals surface area contributed by atoms with Crippen LogP contribution in [0.4, 0.5) is 0 Å². The maximum absolute atomic E-state index is 12.1. The van der Waals surface area contributed by atoms with Crippen LogP contribution in [-0.4, -0.2) is 76.3 Å². The maximum Gasteiger partial charge on any atom is 0.359 e. The largest absolute Gasteiger partial charge is 0.464 e. The minimum Gasteiger partial charge on any atom is -0.464 e. The Morgan fingerprint density at radius 3 is 1.61 bits per heavy atom. The van der Waals surface area contributed by atoms with Crippen LogP contribution < -0.4 is 0 Å². The number of esters is 2. The van der Waals surface area contributed by atoms with E-state index >= 15 is 0 Å². The predicted octanol–water partition coefficient (Wildman–Crippen LogP) is 7.19. The third-order valence-electron chi connectivity index (χ3n) is 8.69. The first kappa shape index (κ1) is 45.6. The molecular weight excluding hydrogens is 860 g/mol. The van der Waals surface area contributed by atoms with Gasteiger partial charge in [0.25, 0.3) is 11.8 Å². The molecule has 0 aliphatic carbocycles. The first-order valence-corrected chi connectivity index (χ1v) is 19.0. The second-order valence-corrected chi connectivity index (χ2v) is 14.3. The van der Waals surface area contributed by atoms with Crippen LogP contribution in [0.2, 0.25) is 0 Å². The van der Waals surface area contributed by atoms with Gasteiger partial charge >= 0.3 is 11.9 Å². The summed E-state index contributed by atoms with van der Waals surface area (Å²) in [5.41, 5.74) is 1.37. The molecule has 8 rings (SSSR count). The number of rotatable bonds is 6. The minimum absolute atomic E-state index is 0. The third-order valence-corrected chi connectivity index (χ3v) is 9.19. The topological polar surface area (TPSA) is 207 Å². The van der Waals surface area contributed by atoms with Crippen LogP contribution in [0.1, 0.15) is 71.4 Å². The van der Waals surface area contributed by atoms with E-state index in [1.54, 1.807) is 29.3 Å². The third kappa shape index (κ3) is 10.1.